The normalized spacial score (nSPS) is 22.5. The molecule has 3 rings (SSSR count). The predicted molar refractivity (Wildman–Crippen MR) is 90.2 cm³/mol. The topological polar surface area (TPSA) is 58.4 Å². The average molecular weight is 315 g/mol. The average Bonchev–Trinajstić information content (AvgIpc) is 2.85. The zero-order chi connectivity index (χ0) is 16.4. The highest BCUT2D eigenvalue weighted by Crippen LogP contribution is 2.24. The second kappa shape index (κ2) is 6.71. The molecule has 23 heavy (non-hydrogen) atoms. The molecule has 0 radical (unpaired) electrons. The van der Waals surface area contributed by atoms with E-state index >= 15 is 0 Å². The van der Waals surface area contributed by atoms with Crippen LogP contribution in [0.4, 0.5) is 0 Å². The van der Waals surface area contributed by atoms with Gasteiger partial charge in [-0.05, 0) is 30.9 Å². The monoisotopic (exact) mass is 315 g/mol. The summed E-state index contributed by atoms with van der Waals surface area (Å²) in [4.78, 5) is 18.4. The first-order chi connectivity index (χ1) is 11.1. The number of fused-ring (bicyclic) bond motifs is 1. The number of rotatable bonds is 5. The molecule has 1 aliphatic rings. The minimum Gasteiger partial charge on any atom is -0.481 e. The van der Waals surface area contributed by atoms with Gasteiger partial charge in [-0.3, -0.25) is 9.69 Å². The summed E-state index contributed by atoms with van der Waals surface area (Å²) in [5.41, 5.74) is 2.19. The Hall–Kier alpha value is -1.88. The Bertz CT molecular complexity index is 695. The van der Waals surface area contributed by atoms with Gasteiger partial charge in [-0.2, -0.15) is 0 Å². The van der Waals surface area contributed by atoms with Gasteiger partial charge in [0.05, 0.1) is 23.5 Å². The van der Waals surface area contributed by atoms with Crippen LogP contribution in [-0.4, -0.2) is 38.6 Å². The van der Waals surface area contributed by atoms with Gasteiger partial charge in [-0.1, -0.05) is 26.0 Å². The zero-order valence-corrected chi connectivity index (χ0v) is 13.9. The molecule has 1 aromatic heterocycles. The fraction of sp³-hybridized carbons (Fsp3) is 0.556. The van der Waals surface area contributed by atoms with Gasteiger partial charge in [0.25, 0.3) is 0 Å². The number of para-hydroxylation sites is 2. The third kappa shape index (κ3) is 3.39. The fourth-order valence-electron chi connectivity index (χ4n) is 3.69. The lowest BCUT2D eigenvalue weighted by molar-refractivity contribution is -0.144. The molecule has 1 aliphatic heterocycles. The van der Waals surface area contributed by atoms with Gasteiger partial charge < -0.3 is 9.67 Å². The molecule has 1 N–H and O–H groups in total. The van der Waals surface area contributed by atoms with E-state index in [0.717, 1.165) is 43.8 Å². The lowest BCUT2D eigenvalue weighted by atomic mass is 9.90. The van der Waals surface area contributed by atoms with Crippen molar-refractivity contribution in [1.29, 1.82) is 0 Å². The summed E-state index contributed by atoms with van der Waals surface area (Å²) in [7, 11) is 0. The summed E-state index contributed by atoms with van der Waals surface area (Å²) in [6, 6.07) is 8.21. The van der Waals surface area contributed by atoms with E-state index in [1.807, 2.05) is 18.2 Å². The first kappa shape index (κ1) is 16.0. The summed E-state index contributed by atoms with van der Waals surface area (Å²) in [6.45, 7) is 7.54. The van der Waals surface area contributed by atoms with Crippen molar-refractivity contribution in [2.45, 2.75) is 39.8 Å². The largest absolute Gasteiger partial charge is 0.481 e. The van der Waals surface area contributed by atoms with Crippen molar-refractivity contribution < 1.29 is 9.90 Å². The van der Waals surface area contributed by atoms with Crippen molar-refractivity contribution in [3.05, 3.63) is 30.1 Å². The van der Waals surface area contributed by atoms with Crippen LogP contribution in [0.1, 0.15) is 32.5 Å². The van der Waals surface area contributed by atoms with Crippen molar-refractivity contribution in [1.82, 2.24) is 14.5 Å². The summed E-state index contributed by atoms with van der Waals surface area (Å²) in [5, 5.41) is 9.35. The number of carboxylic acids is 1. The number of carbonyl (C=O) groups is 1. The Kier molecular flexibility index (Phi) is 4.66. The Morgan fingerprint density at radius 1 is 1.35 bits per heavy atom. The highest BCUT2D eigenvalue weighted by Gasteiger charge is 2.30. The lowest BCUT2D eigenvalue weighted by Gasteiger charge is -2.34. The van der Waals surface area contributed by atoms with E-state index in [-0.39, 0.29) is 5.92 Å². The Morgan fingerprint density at radius 3 is 2.87 bits per heavy atom. The van der Waals surface area contributed by atoms with E-state index in [0.29, 0.717) is 12.5 Å². The fourth-order valence-corrected chi connectivity index (χ4v) is 3.69. The molecule has 0 spiro atoms. The molecule has 2 heterocycles. The van der Waals surface area contributed by atoms with Gasteiger partial charge in [0.1, 0.15) is 5.82 Å². The van der Waals surface area contributed by atoms with Crippen molar-refractivity contribution >= 4 is 17.0 Å². The van der Waals surface area contributed by atoms with Crippen LogP contribution in [0.2, 0.25) is 0 Å². The van der Waals surface area contributed by atoms with E-state index in [1.165, 1.54) is 5.52 Å². The molecule has 5 heteroatoms. The molecule has 5 nitrogen and oxygen atoms in total. The van der Waals surface area contributed by atoms with Gasteiger partial charge in [0.15, 0.2) is 0 Å². The number of imidazole rings is 1. The van der Waals surface area contributed by atoms with E-state index < -0.39 is 5.97 Å². The number of hydrogen-bond donors (Lipinski definition) is 1. The molecule has 1 aromatic carbocycles. The minimum absolute atomic E-state index is 0.261. The molecule has 2 unspecified atom stereocenters. The number of piperidine rings is 1. The van der Waals surface area contributed by atoms with Crippen molar-refractivity contribution in [2.75, 3.05) is 13.1 Å². The smallest absolute Gasteiger partial charge is 0.307 e. The predicted octanol–water partition coefficient (Wildman–Crippen LogP) is 2.99. The first-order valence-electron chi connectivity index (χ1n) is 8.47. The lowest BCUT2D eigenvalue weighted by Crippen LogP contribution is -2.42. The molecular formula is C18H25N3O2. The van der Waals surface area contributed by atoms with E-state index in [9.17, 15) is 9.90 Å². The maximum atomic E-state index is 11.4. The molecule has 124 valence electrons. The van der Waals surface area contributed by atoms with Gasteiger partial charge in [-0.15, -0.1) is 0 Å². The van der Waals surface area contributed by atoms with Crippen LogP contribution in [0.25, 0.3) is 11.0 Å². The van der Waals surface area contributed by atoms with Crippen LogP contribution in [0.15, 0.2) is 24.3 Å². The van der Waals surface area contributed by atoms with Crippen molar-refractivity contribution in [3.63, 3.8) is 0 Å². The van der Waals surface area contributed by atoms with E-state index in [1.54, 1.807) is 0 Å². The molecule has 2 atom stereocenters. The van der Waals surface area contributed by atoms with Gasteiger partial charge in [0, 0.05) is 19.6 Å². The van der Waals surface area contributed by atoms with E-state index in [2.05, 4.69) is 29.4 Å². The van der Waals surface area contributed by atoms with Crippen LogP contribution >= 0.6 is 0 Å². The van der Waals surface area contributed by atoms with Crippen LogP contribution in [0.3, 0.4) is 0 Å². The molecule has 0 amide bonds. The summed E-state index contributed by atoms with van der Waals surface area (Å²) in [6.07, 6.45) is 1.83. The summed E-state index contributed by atoms with van der Waals surface area (Å²) >= 11 is 0. The summed E-state index contributed by atoms with van der Waals surface area (Å²) in [5.74, 6) is 0.520. The Morgan fingerprint density at radius 2 is 2.13 bits per heavy atom. The molecule has 2 aromatic rings. The number of aromatic nitrogens is 2. The Balaban J connectivity index is 1.85. The molecule has 1 fully saturated rings. The molecular weight excluding hydrogens is 290 g/mol. The SMILES string of the molecule is CCCn1c(CN2CC(C)CC(C(=O)O)C2)nc2ccccc21. The summed E-state index contributed by atoms with van der Waals surface area (Å²) < 4.78 is 2.28. The number of aryl methyl sites for hydroxylation is 1. The first-order valence-corrected chi connectivity index (χ1v) is 8.47. The number of aliphatic carboxylic acids is 1. The van der Waals surface area contributed by atoms with Crippen molar-refractivity contribution in [2.24, 2.45) is 11.8 Å². The van der Waals surface area contributed by atoms with Crippen LogP contribution in [0.5, 0.6) is 0 Å². The van der Waals surface area contributed by atoms with Gasteiger partial charge in [-0.25, -0.2) is 4.98 Å². The standard InChI is InChI=1S/C18H25N3O2/c1-3-8-21-16-7-5-4-6-15(16)19-17(21)12-20-10-13(2)9-14(11-20)18(22)23/h4-7,13-14H,3,8-12H2,1-2H3,(H,22,23). The van der Waals surface area contributed by atoms with Crippen LogP contribution < -0.4 is 0 Å². The molecule has 1 saturated heterocycles. The number of hydrogen-bond acceptors (Lipinski definition) is 3. The molecule has 0 bridgehead atoms. The third-order valence-corrected chi connectivity index (χ3v) is 4.63. The molecule has 0 aliphatic carbocycles. The molecule has 0 saturated carbocycles. The highest BCUT2D eigenvalue weighted by molar-refractivity contribution is 5.75. The van der Waals surface area contributed by atoms with Gasteiger partial charge >= 0.3 is 5.97 Å². The highest BCUT2D eigenvalue weighted by atomic mass is 16.4. The number of carboxylic acid groups (broad SMARTS) is 1. The second-order valence-electron chi connectivity index (χ2n) is 6.74. The Labute approximate surface area is 136 Å². The second-order valence-corrected chi connectivity index (χ2v) is 6.74. The zero-order valence-electron chi connectivity index (χ0n) is 13.9. The minimum atomic E-state index is -0.677. The number of nitrogens with zero attached hydrogens (tertiary/aromatic N) is 3. The maximum Gasteiger partial charge on any atom is 0.307 e. The van der Waals surface area contributed by atoms with Crippen LogP contribution in [-0.2, 0) is 17.9 Å². The van der Waals surface area contributed by atoms with Crippen molar-refractivity contribution in [3.8, 4) is 0 Å². The third-order valence-electron chi connectivity index (χ3n) is 4.63. The maximum absolute atomic E-state index is 11.4. The number of benzene rings is 1. The van der Waals surface area contributed by atoms with E-state index in [4.69, 9.17) is 4.98 Å². The quantitative estimate of drug-likeness (QED) is 0.921. The van der Waals surface area contributed by atoms with Gasteiger partial charge in [0.2, 0.25) is 0 Å². The number of likely N-dealkylation sites (tertiary alicyclic amines) is 1. The van der Waals surface area contributed by atoms with Crippen LogP contribution in [0, 0.1) is 11.8 Å².